The van der Waals surface area contributed by atoms with Crippen LogP contribution in [-0.2, 0) is 0 Å². The van der Waals surface area contributed by atoms with E-state index in [0.717, 1.165) is 5.56 Å². The summed E-state index contributed by atoms with van der Waals surface area (Å²) in [4.78, 5) is 0. The Bertz CT molecular complexity index is 2290. The molecule has 0 aliphatic heterocycles. The molecule has 0 heterocycles. The molecule has 0 unspecified atom stereocenters. The van der Waals surface area contributed by atoms with Gasteiger partial charge in [0.1, 0.15) is 0 Å². The van der Waals surface area contributed by atoms with Crippen LogP contribution in [0.4, 0.5) is 0 Å². The van der Waals surface area contributed by atoms with Gasteiger partial charge in [0.15, 0.2) is 0 Å². The SMILES string of the molecule is N#Cc1ccc(-c2ccc(-c3c4ccccc4c(-c4cccc5ccccc45)c4ccccc34)c3ccccc23)cc1. The third-order valence-electron chi connectivity index (χ3n) is 8.51. The molecular formula is C41H25N. The second-order valence-electron chi connectivity index (χ2n) is 10.8. The van der Waals surface area contributed by atoms with Gasteiger partial charge in [-0.05, 0) is 88.6 Å². The first-order valence-corrected chi connectivity index (χ1v) is 14.3. The molecule has 0 aliphatic rings. The molecule has 194 valence electrons. The molecule has 8 aromatic rings. The van der Waals surface area contributed by atoms with E-state index in [1.807, 2.05) is 24.3 Å². The van der Waals surface area contributed by atoms with E-state index in [2.05, 4.69) is 133 Å². The summed E-state index contributed by atoms with van der Waals surface area (Å²) in [7, 11) is 0. The van der Waals surface area contributed by atoms with Crippen LogP contribution < -0.4 is 0 Å². The van der Waals surface area contributed by atoms with Gasteiger partial charge in [0, 0.05) is 0 Å². The van der Waals surface area contributed by atoms with Crippen molar-refractivity contribution < 1.29 is 0 Å². The van der Waals surface area contributed by atoms with Crippen molar-refractivity contribution in [3.63, 3.8) is 0 Å². The number of benzene rings is 8. The quantitative estimate of drug-likeness (QED) is 0.208. The summed E-state index contributed by atoms with van der Waals surface area (Å²) >= 11 is 0. The second kappa shape index (κ2) is 9.73. The van der Waals surface area contributed by atoms with Gasteiger partial charge in [-0.3, -0.25) is 0 Å². The van der Waals surface area contributed by atoms with Gasteiger partial charge < -0.3 is 0 Å². The fraction of sp³-hybridized carbons (Fsp3) is 0. The fourth-order valence-electron chi connectivity index (χ4n) is 6.65. The summed E-state index contributed by atoms with van der Waals surface area (Å²) in [6, 6.07) is 56.3. The lowest BCUT2D eigenvalue weighted by Crippen LogP contribution is -1.93. The van der Waals surface area contributed by atoms with Crippen molar-refractivity contribution in [1.29, 1.82) is 5.26 Å². The van der Waals surface area contributed by atoms with Crippen molar-refractivity contribution in [2.24, 2.45) is 0 Å². The van der Waals surface area contributed by atoms with E-state index in [9.17, 15) is 5.26 Å². The van der Waals surface area contributed by atoms with Crippen LogP contribution in [0.5, 0.6) is 0 Å². The zero-order valence-electron chi connectivity index (χ0n) is 22.9. The molecule has 8 rings (SSSR count). The standard InChI is InChI=1S/C41H25N/c42-26-27-20-22-29(23-21-27)31-24-25-39(33-14-4-3-13-32(31)33)41-37-17-7-5-15-35(37)40(36-16-6-8-18-38(36)41)34-19-9-11-28-10-1-2-12-30(28)34/h1-25H. The predicted octanol–water partition coefficient (Wildman–Crippen LogP) is 11.2. The van der Waals surface area contributed by atoms with E-state index in [0.29, 0.717) is 5.56 Å². The fourth-order valence-corrected chi connectivity index (χ4v) is 6.65. The van der Waals surface area contributed by atoms with E-state index in [1.54, 1.807) is 0 Å². The molecule has 8 aromatic carbocycles. The first-order chi connectivity index (χ1) is 20.8. The van der Waals surface area contributed by atoms with Crippen LogP contribution in [0.2, 0.25) is 0 Å². The molecule has 0 bridgehead atoms. The number of nitriles is 1. The average molecular weight is 532 g/mol. The maximum atomic E-state index is 9.30. The molecule has 0 N–H and O–H groups in total. The molecule has 0 saturated carbocycles. The lowest BCUT2D eigenvalue weighted by atomic mass is 9.83. The number of nitrogens with zero attached hydrogens (tertiary/aromatic N) is 1. The van der Waals surface area contributed by atoms with E-state index in [1.165, 1.54) is 70.9 Å². The highest BCUT2D eigenvalue weighted by Crippen LogP contribution is 2.47. The Morgan fingerprint density at radius 2 is 0.762 bits per heavy atom. The summed E-state index contributed by atoms with van der Waals surface area (Å²) < 4.78 is 0. The lowest BCUT2D eigenvalue weighted by Gasteiger charge is -2.20. The van der Waals surface area contributed by atoms with Crippen LogP contribution in [0, 0.1) is 11.3 Å². The zero-order valence-corrected chi connectivity index (χ0v) is 22.9. The van der Waals surface area contributed by atoms with E-state index < -0.39 is 0 Å². The summed E-state index contributed by atoms with van der Waals surface area (Å²) in [5, 5.41) is 19.2. The van der Waals surface area contributed by atoms with Gasteiger partial charge in [-0.25, -0.2) is 0 Å². The molecule has 0 radical (unpaired) electrons. The van der Waals surface area contributed by atoms with Crippen molar-refractivity contribution in [3.05, 3.63) is 157 Å². The van der Waals surface area contributed by atoms with Crippen LogP contribution in [-0.4, -0.2) is 0 Å². The van der Waals surface area contributed by atoms with Crippen LogP contribution in [0.15, 0.2) is 152 Å². The van der Waals surface area contributed by atoms with Gasteiger partial charge in [-0.2, -0.15) is 5.26 Å². The molecule has 0 fully saturated rings. The molecule has 0 spiro atoms. The smallest absolute Gasteiger partial charge is 0.0991 e. The molecule has 1 nitrogen and oxygen atoms in total. The average Bonchev–Trinajstić information content (AvgIpc) is 3.07. The van der Waals surface area contributed by atoms with Crippen molar-refractivity contribution in [2.75, 3.05) is 0 Å². The minimum atomic E-state index is 0.670. The zero-order chi connectivity index (χ0) is 28.0. The second-order valence-corrected chi connectivity index (χ2v) is 10.8. The monoisotopic (exact) mass is 531 g/mol. The van der Waals surface area contributed by atoms with E-state index in [-0.39, 0.29) is 0 Å². The number of hydrogen-bond acceptors (Lipinski definition) is 1. The first kappa shape index (κ1) is 24.1. The van der Waals surface area contributed by atoms with Crippen LogP contribution in [0.25, 0.3) is 76.5 Å². The van der Waals surface area contributed by atoms with Gasteiger partial charge in [0.05, 0.1) is 11.6 Å². The highest BCUT2D eigenvalue weighted by Gasteiger charge is 2.19. The Hall–Kier alpha value is -5.71. The van der Waals surface area contributed by atoms with Crippen molar-refractivity contribution >= 4 is 43.1 Å². The molecule has 0 aromatic heterocycles. The molecule has 0 saturated heterocycles. The van der Waals surface area contributed by atoms with Gasteiger partial charge >= 0.3 is 0 Å². The topological polar surface area (TPSA) is 23.8 Å². The normalized spacial score (nSPS) is 11.3. The lowest BCUT2D eigenvalue weighted by molar-refractivity contribution is 1.48. The highest BCUT2D eigenvalue weighted by molar-refractivity contribution is 6.25. The Kier molecular flexibility index (Phi) is 5.59. The van der Waals surface area contributed by atoms with Gasteiger partial charge in [0.25, 0.3) is 0 Å². The van der Waals surface area contributed by atoms with E-state index in [4.69, 9.17) is 0 Å². The number of rotatable bonds is 3. The highest BCUT2D eigenvalue weighted by atomic mass is 14.2. The predicted molar refractivity (Wildman–Crippen MR) is 177 cm³/mol. The van der Waals surface area contributed by atoms with E-state index >= 15 is 0 Å². The largest absolute Gasteiger partial charge is 0.192 e. The summed E-state index contributed by atoms with van der Waals surface area (Å²) in [5.74, 6) is 0. The minimum absolute atomic E-state index is 0.670. The van der Waals surface area contributed by atoms with Crippen molar-refractivity contribution in [3.8, 4) is 39.4 Å². The summed E-state index contributed by atoms with van der Waals surface area (Å²) in [6.45, 7) is 0. The molecular weight excluding hydrogens is 506 g/mol. The van der Waals surface area contributed by atoms with Crippen LogP contribution in [0.3, 0.4) is 0 Å². The number of hydrogen-bond donors (Lipinski definition) is 0. The maximum absolute atomic E-state index is 9.30. The summed E-state index contributed by atoms with van der Waals surface area (Å²) in [5.41, 5.74) is 7.96. The van der Waals surface area contributed by atoms with Crippen molar-refractivity contribution in [1.82, 2.24) is 0 Å². The molecule has 0 atom stereocenters. The van der Waals surface area contributed by atoms with Gasteiger partial charge in [-0.1, -0.05) is 140 Å². The molecule has 1 heteroatoms. The molecule has 0 amide bonds. The molecule has 0 aliphatic carbocycles. The third kappa shape index (κ3) is 3.70. The molecule has 42 heavy (non-hydrogen) atoms. The maximum Gasteiger partial charge on any atom is 0.0991 e. The Labute approximate surface area is 244 Å². The number of fused-ring (bicyclic) bond motifs is 4. The van der Waals surface area contributed by atoms with Crippen LogP contribution in [0.1, 0.15) is 5.56 Å². The van der Waals surface area contributed by atoms with Gasteiger partial charge in [0.2, 0.25) is 0 Å². The third-order valence-corrected chi connectivity index (χ3v) is 8.51. The first-order valence-electron chi connectivity index (χ1n) is 14.3. The summed E-state index contributed by atoms with van der Waals surface area (Å²) in [6.07, 6.45) is 0. The Morgan fingerprint density at radius 1 is 0.333 bits per heavy atom. The Balaban J connectivity index is 1.47. The Morgan fingerprint density at radius 3 is 1.33 bits per heavy atom. The van der Waals surface area contributed by atoms with Crippen molar-refractivity contribution in [2.45, 2.75) is 0 Å². The van der Waals surface area contributed by atoms with Gasteiger partial charge in [-0.15, -0.1) is 0 Å². The van der Waals surface area contributed by atoms with Crippen LogP contribution >= 0.6 is 0 Å². The minimum Gasteiger partial charge on any atom is -0.192 e.